The number of carbonyl (C=O) groups excluding carboxylic acids is 5. The monoisotopic (exact) mass is 694 g/mol. The maximum absolute atomic E-state index is 12.7. The molecule has 0 fully saturated rings. The summed E-state index contributed by atoms with van der Waals surface area (Å²) in [5, 5.41) is 39.0. The summed E-state index contributed by atoms with van der Waals surface area (Å²) in [6, 6.07) is 4.64. The van der Waals surface area contributed by atoms with Crippen LogP contribution in [0.15, 0.2) is 41.1 Å². The first-order chi connectivity index (χ1) is 22.8. The van der Waals surface area contributed by atoms with E-state index in [9.17, 15) is 43.5 Å². The van der Waals surface area contributed by atoms with Crippen LogP contribution in [0.25, 0.3) is 0 Å². The van der Waals surface area contributed by atoms with Gasteiger partial charge < -0.3 is 41.9 Å². The summed E-state index contributed by atoms with van der Waals surface area (Å²) in [6.07, 6.45) is 1.10. The maximum atomic E-state index is 12.7. The van der Waals surface area contributed by atoms with Crippen LogP contribution in [0.3, 0.4) is 0 Å². The number of para-hydroxylation sites is 1. The summed E-state index contributed by atoms with van der Waals surface area (Å²) in [7, 11) is 0. The molecular formula is C30H39ClN6O11. The number of hydrogen-bond acceptors (Lipinski definition) is 9. The van der Waals surface area contributed by atoms with Crippen LogP contribution in [0.4, 0.5) is 10.5 Å². The first-order valence-electron chi connectivity index (χ1n) is 15.2. The van der Waals surface area contributed by atoms with Crippen LogP contribution in [0.1, 0.15) is 57.8 Å². The average Bonchev–Trinajstić information content (AvgIpc) is 3.23. The molecule has 262 valence electrons. The minimum atomic E-state index is -1.55. The van der Waals surface area contributed by atoms with Gasteiger partial charge >= 0.3 is 23.9 Å². The molecule has 17 nitrogen and oxygen atoms in total. The number of rotatable bonds is 22. The molecule has 2 atom stereocenters. The maximum Gasteiger partial charge on any atom is 0.326 e. The Balaban J connectivity index is 1.57. The average molecular weight is 695 g/mol. The van der Waals surface area contributed by atoms with Crippen molar-refractivity contribution in [2.45, 2.75) is 69.9 Å². The highest BCUT2D eigenvalue weighted by atomic mass is 35.5. The van der Waals surface area contributed by atoms with Gasteiger partial charge in [0.15, 0.2) is 0 Å². The zero-order valence-corrected chi connectivity index (χ0v) is 26.7. The Morgan fingerprint density at radius 2 is 1.25 bits per heavy atom. The van der Waals surface area contributed by atoms with Gasteiger partial charge in [-0.05, 0) is 37.8 Å². The fourth-order valence-electron chi connectivity index (χ4n) is 4.43. The van der Waals surface area contributed by atoms with Gasteiger partial charge in [0, 0.05) is 44.6 Å². The number of halogens is 1. The summed E-state index contributed by atoms with van der Waals surface area (Å²) in [5.41, 5.74) is 0.662. The summed E-state index contributed by atoms with van der Waals surface area (Å²) in [5.74, 6) is -6.08. The molecule has 0 aromatic heterocycles. The van der Waals surface area contributed by atoms with E-state index < -0.39 is 66.6 Å². The highest BCUT2D eigenvalue weighted by molar-refractivity contribution is 6.48. The third-order valence-corrected chi connectivity index (χ3v) is 7.32. The highest BCUT2D eigenvalue weighted by Crippen LogP contribution is 2.26. The fourth-order valence-corrected chi connectivity index (χ4v) is 4.66. The molecule has 0 saturated heterocycles. The molecule has 48 heavy (non-hydrogen) atoms. The van der Waals surface area contributed by atoms with Gasteiger partial charge in [-0.2, -0.15) is 0 Å². The van der Waals surface area contributed by atoms with Crippen LogP contribution in [0.2, 0.25) is 0 Å². The fraction of sp³-hybridized carbons (Fsp3) is 0.467. The predicted molar refractivity (Wildman–Crippen MR) is 169 cm³/mol. The van der Waals surface area contributed by atoms with Crippen LogP contribution in [-0.2, 0) is 33.6 Å². The second kappa shape index (κ2) is 20.1. The first kappa shape index (κ1) is 39.0. The van der Waals surface area contributed by atoms with Gasteiger partial charge in [-0.1, -0.05) is 42.6 Å². The summed E-state index contributed by atoms with van der Waals surface area (Å²) in [6.45, 7) is 0.374. The number of nitrogens with one attached hydrogen (secondary N) is 5. The molecule has 1 aromatic carbocycles. The van der Waals surface area contributed by atoms with Gasteiger partial charge in [0.25, 0.3) is 11.8 Å². The van der Waals surface area contributed by atoms with Crippen LogP contribution in [0.5, 0.6) is 0 Å². The molecule has 1 aromatic rings. The molecule has 0 bridgehead atoms. The normalized spacial score (nSPS) is 13.8. The van der Waals surface area contributed by atoms with E-state index in [1.165, 1.54) is 0 Å². The Kier molecular flexibility index (Phi) is 16.4. The van der Waals surface area contributed by atoms with E-state index in [1.54, 1.807) is 24.3 Å². The SMILES string of the molecule is O=C(O)CC[C@H](NC(=O)N[C@@H](CCC(=O)NCCNC(=O)CCCCCCN1C(=O)C(Cl)=C(Nc2ccccc2)C1=O)C(=O)O)C(=O)O. The molecule has 6 amide bonds. The lowest BCUT2D eigenvalue weighted by Crippen LogP contribution is -2.51. The van der Waals surface area contributed by atoms with Crippen LogP contribution in [-0.4, -0.2) is 99.5 Å². The predicted octanol–water partition coefficient (Wildman–Crippen LogP) is 0.951. The molecule has 1 aliphatic heterocycles. The molecule has 1 aliphatic rings. The molecule has 0 spiro atoms. The number of benzene rings is 1. The number of imide groups is 1. The van der Waals surface area contributed by atoms with E-state index in [0.29, 0.717) is 31.4 Å². The number of nitrogens with zero attached hydrogens (tertiary/aromatic N) is 1. The van der Waals surface area contributed by atoms with Crippen molar-refractivity contribution >= 4 is 64.9 Å². The van der Waals surface area contributed by atoms with Gasteiger partial charge in [0.1, 0.15) is 22.8 Å². The van der Waals surface area contributed by atoms with Crippen molar-refractivity contribution in [2.24, 2.45) is 0 Å². The van der Waals surface area contributed by atoms with Crippen molar-refractivity contribution < 1.29 is 53.7 Å². The quantitative estimate of drug-likeness (QED) is 0.0623. The molecule has 18 heteroatoms. The van der Waals surface area contributed by atoms with Crippen molar-refractivity contribution in [1.82, 2.24) is 26.2 Å². The number of aliphatic carboxylic acids is 3. The van der Waals surface area contributed by atoms with Gasteiger partial charge in [-0.15, -0.1) is 0 Å². The van der Waals surface area contributed by atoms with Crippen LogP contribution < -0.4 is 26.6 Å². The van der Waals surface area contributed by atoms with Crippen LogP contribution >= 0.6 is 11.6 Å². The number of urea groups is 1. The molecule has 2 rings (SSSR count). The van der Waals surface area contributed by atoms with Crippen LogP contribution in [0, 0.1) is 0 Å². The van der Waals surface area contributed by atoms with E-state index >= 15 is 0 Å². The smallest absolute Gasteiger partial charge is 0.326 e. The zero-order valence-electron chi connectivity index (χ0n) is 26.0. The molecule has 0 radical (unpaired) electrons. The highest BCUT2D eigenvalue weighted by Gasteiger charge is 2.37. The summed E-state index contributed by atoms with van der Waals surface area (Å²) < 4.78 is 0. The third kappa shape index (κ3) is 13.7. The largest absolute Gasteiger partial charge is 0.481 e. The number of carbonyl (C=O) groups is 8. The molecule has 8 N–H and O–H groups in total. The molecule has 1 heterocycles. The minimum Gasteiger partial charge on any atom is -0.481 e. The molecule has 0 aliphatic carbocycles. The lowest BCUT2D eigenvalue weighted by Gasteiger charge is -2.18. The topological polar surface area (TPSA) is 261 Å². The van der Waals surface area contributed by atoms with E-state index in [0.717, 1.165) is 4.90 Å². The molecule has 0 saturated carbocycles. The summed E-state index contributed by atoms with van der Waals surface area (Å²) in [4.78, 5) is 95.8. The van der Waals surface area contributed by atoms with E-state index in [1.807, 2.05) is 16.7 Å². The Bertz CT molecular complexity index is 1390. The second-order valence-corrected chi connectivity index (χ2v) is 11.1. The number of amides is 6. The Hall–Kier alpha value is -5.19. The lowest BCUT2D eigenvalue weighted by atomic mass is 10.1. The number of carboxylic acid groups (broad SMARTS) is 3. The zero-order chi connectivity index (χ0) is 35.6. The van der Waals surface area contributed by atoms with E-state index in [2.05, 4.69) is 16.0 Å². The number of anilines is 1. The third-order valence-electron chi connectivity index (χ3n) is 6.97. The Labute approximate surface area is 280 Å². The van der Waals surface area contributed by atoms with E-state index in [4.69, 9.17) is 21.8 Å². The minimum absolute atomic E-state index is 0.0341. The Morgan fingerprint density at radius 3 is 1.81 bits per heavy atom. The first-order valence-corrected chi connectivity index (χ1v) is 15.5. The van der Waals surface area contributed by atoms with Crippen molar-refractivity contribution in [3.63, 3.8) is 0 Å². The Morgan fingerprint density at radius 1 is 0.708 bits per heavy atom. The van der Waals surface area contributed by atoms with Gasteiger partial charge in [0.05, 0.1) is 0 Å². The van der Waals surface area contributed by atoms with Gasteiger partial charge in [-0.3, -0.25) is 28.9 Å². The van der Waals surface area contributed by atoms with Gasteiger partial charge in [-0.25, -0.2) is 14.4 Å². The van der Waals surface area contributed by atoms with Crippen molar-refractivity contribution in [3.8, 4) is 0 Å². The molecular weight excluding hydrogens is 656 g/mol. The number of carboxylic acids is 3. The standard InChI is InChI=1S/C30H39ClN6O11/c31-24-25(34-18-8-4-3-5-9-18)27(43)37(26(24)42)17-7-2-1-6-10-21(38)32-15-16-33-22(39)13-11-19(28(44)45)35-30(48)36-20(29(46)47)12-14-23(40)41/h3-5,8-9,19-20,34H,1-2,6-7,10-17H2,(H,32,38)(H,33,39)(H,40,41)(H,44,45)(H,46,47)(H2,35,36,48)/t19-,20-/m0/s1. The van der Waals surface area contributed by atoms with Crippen molar-refractivity contribution in [3.05, 3.63) is 41.1 Å². The lowest BCUT2D eigenvalue weighted by molar-refractivity contribution is -0.141. The molecule has 0 unspecified atom stereocenters. The number of hydrogen-bond donors (Lipinski definition) is 8. The van der Waals surface area contributed by atoms with Gasteiger partial charge in [0.2, 0.25) is 11.8 Å². The van der Waals surface area contributed by atoms with E-state index in [-0.39, 0.29) is 55.5 Å². The van der Waals surface area contributed by atoms with Crippen molar-refractivity contribution in [2.75, 3.05) is 25.0 Å². The number of unbranched alkanes of at least 4 members (excludes halogenated alkanes) is 3. The summed E-state index contributed by atoms with van der Waals surface area (Å²) >= 11 is 6.10. The van der Waals surface area contributed by atoms with Crippen molar-refractivity contribution in [1.29, 1.82) is 0 Å². The second-order valence-electron chi connectivity index (χ2n) is 10.7.